The highest BCUT2D eigenvalue weighted by atomic mass is 16.5. The van der Waals surface area contributed by atoms with Crippen molar-refractivity contribution in [3.05, 3.63) is 29.3 Å². The lowest BCUT2D eigenvalue weighted by Gasteiger charge is -2.21. The Morgan fingerprint density at radius 2 is 1.86 bits per heavy atom. The Bertz CT molecular complexity index is 522. The Kier molecular flexibility index (Phi) is 4.96. The van der Waals surface area contributed by atoms with Crippen LogP contribution in [0.15, 0.2) is 18.2 Å². The molecule has 2 N–H and O–H groups in total. The van der Waals surface area contributed by atoms with E-state index in [1.807, 2.05) is 25.1 Å². The number of rotatable bonds is 4. The summed E-state index contributed by atoms with van der Waals surface area (Å²) < 4.78 is 5.33. The molecule has 0 bridgehead atoms. The van der Waals surface area contributed by atoms with E-state index < -0.39 is 0 Å². The first kappa shape index (κ1) is 15.5. The number of hydrogen-bond acceptors (Lipinski definition) is 4. The van der Waals surface area contributed by atoms with Gasteiger partial charge in [0, 0.05) is 24.4 Å². The van der Waals surface area contributed by atoms with Gasteiger partial charge in [0.25, 0.3) is 0 Å². The molecular weight excluding hydrogens is 268 g/mol. The zero-order valence-electron chi connectivity index (χ0n) is 12.6. The quantitative estimate of drug-likeness (QED) is 0.862. The standard InChI is InChI=1S/C16H22N2O3/c1-11(17)12-7-8-14(21-2)13(9-12)10-18-15(19)5-3-4-6-16(18)20/h7-9,11H,3-6,10,17H2,1-2H3. The molecule has 1 aromatic rings. The van der Waals surface area contributed by atoms with Crippen LogP contribution < -0.4 is 10.5 Å². The summed E-state index contributed by atoms with van der Waals surface area (Å²) in [7, 11) is 1.58. The molecule has 1 heterocycles. The van der Waals surface area contributed by atoms with E-state index in [1.54, 1.807) is 7.11 Å². The monoisotopic (exact) mass is 290 g/mol. The molecule has 5 heteroatoms. The lowest BCUT2D eigenvalue weighted by molar-refractivity contribution is -0.144. The van der Waals surface area contributed by atoms with Crippen LogP contribution in [0.25, 0.3) is 0 Å². The summed E-state index contributed by atoms with van der Waals surface area (Å²) in [4.78, 5) is 25.5. The van der Waals surface area contributed by atoms with E-state index in [-0.39, 0.29) is 24.4 Å². The molecular formula is C16H22N2O3. The van der Waals surface area contributed by atoms with Gasteiger partial charge in [0.1, 0.15) is 5.75 Å². The van der Waals surface area contributed by atoms with Gasteiger partial charge in [-0.3, -0.25) is 14.5 Å². The summed E-state index contributed by atoms with van der Waals surface area (Å²) >= 11 is 0. The molecule has 1 aliphatic rings. The maximum atomic E-state index is 12.1. The number of imide groups is 1. The van der Waals surface area contributed by atoms with Crippen LogP contribution in [0.4, 0.5) is 0 Å². The highest BCUT2D eigenvalue weighted by Crippen LogP contribution is 2.25. The first-order chi connectivity index (χ1) is 10.0. The lowest BCUT2D eigenvalue weighted by Crippen LogP contribution is -2.34. The van der Waals surface area contributed by atoms with Gasteiger partial charge in [-0.1, -0.05) is 6.07 Å². The average Bonchev–Trinajstić information content (AvgIpc) is 2.62. The van der Waals surface area contributed by atoms with Crippen LogP contribution in [0.1, 0.15) is 49.8 Å². The zero-order chi connectivity index (χ0) is 15.4. The molecule has 1 aliphatic heterocycles. The number of carbonyl (C=O) groups excluding carboxylic acids is 2. The summed E-state index contributed by atoms with van der Waals surface area (Å²) in [5.41, 5.74) is 7.67. The molecule has 2 rings (SSSR count). The van der Waals surface area contributed by atoms with Crippen molar-refractivity contribution in [2.24, 2.45) is 5.73 Å². The molecule has 0 spiro atoms. The molecule has 1 saturated heterocycles. The van der Waals surface area contributed by atoms with Crippen LogP contribution in [0.5, 0.6) is 5.75 Å². The minimum atomic E-state index is -0.106. The number of likely N-dealkylation sites (tertiary alicyclic amines) is 1. The largest absolute Gasteiger partial charge is 0.496 e. The van der Waals surface area contributed by atoms with Crippen molar-refractivity contribution >= 4 is 11.8 Å². The average molecular weight is 290 g/mol. The minimum Gasteiger partial charge on any atom is -0.496 e. The molecule has 0 radical (unpaired) electrons. The van der Waals surface area contributed by atoms with Gasteiger partial charge < -0.3 is 10.5 Å². The Morgan fingerprint density at radius 3 is 2.38 bits per heavy atom. The third kappa shape index (κ3) is 3.61. The predicted octanol–water partition coefficient (Wildman–Crippen LogP) is 2.14. The molecule has 1 fully saturated rings. The van der Waals surface area contributed by atoms with Crippen molar-refractivity contribution in [1.82, 2.24) is 4.90 Å². The molecule has 1 aromatic carbocycles. The molecule has 0 aromatic heterocycles. The van der Waals surface area contributed by atoms with Crippen molar-refractivity contribution in [3.63, 3.8) is 0 Å². The second-order valence-electron chi connectivity index (χ2n) is 5.44. The summed E-state index contributed by atoms with van der Waals surface area (Å²) in [6, 6.07) is 5.54. The van der Waals surface area contributed by atoms with E-state index in [2.05, 4.69) is 0 Å². The molecule has 5 nitrogen and oxygen atoms in total. The van der Waals surface area contributed by atoms with E-state index in [0.29, 0.717) is 18.6 Å². The van der Waals surface area contributed by atoms with Gasteiger partial charge in [-0.25, -0.2) is 0 Å². The lowest BCUT2D eigenvalue weighted by atomic mass is 10.0. The maximum absolute atomic E-state index is 12.1. The first-order valence-corrected chi connectivity index (χ1v) is 7.28. The topological polar surface area (TPSA) is 72.6 Å². The zero-order valence-corrected chi connectivity index (χ0v) is 12.6. The fourth-order valence-corrected chi connectivity index (χ4v) is 2.51. The highest BCUT2D eigenvalue weighted by Gasteiger charge is 2.25. The summed E-state index contributed by atoms with van der Waals surface area (Å²) in [5.74, 6) is 0.459. The van der Waals surface area contributed by atoms with Crippen molar-refractivity contribution in [1.29, 1.82) is 0 Å². The summed E-state index contributed by atoms with van der Waals surface area (Å²) in [5, 5.41) is 0. The third-order valence-corrected chi connectivity index (χ3v) is 3.79. The van der Waals surface area contributed by atoms with Crippen LogP contribution in [-0.4, -0.2) is 23.8 Å². The first-order valence-electron chi connectivity index (χ1n) is 7.28. The predicted molar refractivity (Wildman–Crippen MR) is 79.6 cm³/mol. The van der Waals surface area contributed by atoms with E-state index in [9.17, 15) is 9.59 Å². The fourth-order valence-electron chi connectivity index (χ4n) is 2.51. The van der Waals surface area contributed by atoms with E-state index in [4.69, 9.17) is 10.5 Å². The molecule has 21 heavy (non-hydrogen) atoms. The number of carbonyl (C=O) groups is 2. The second kappa shape index (κ2) is 6.72. The number of hydrogen-bond donors (Lipinski definition) is 1. The Balaban J connectivity index is 2.29. The molecule has 2 amide bonds. The van der Waals surface area contributed by atoms with Gasteiger partial charge in [0.15, 0.2) is 0 Å². The van der Waals surface area contributed by atoms with Gasteiger partial charge in [-0.15, -0.1) is 0 Å². The Labute approximate surface area is 125 Å². The highest BCUT2D eigenvalue weighted by molar-refractivity contribution is 5.96. The fraction of sp³-hybridized carbons (Fsp3) is 0.500. The second-order valence-corrected chi connectivity index (χ2v) is 5.44. The van der Waals surface area contributed by atoms with Crippen molar-refractivity contribution < 1.29 is 14.3 Å². The van der Waals surface area contributed by atoms with Crippen molar-refractivity contribution in [3.8, 4) is 5.75 Å². The number of benzene rings is 1. The van der Waals surface area contributed by atoms with Gasteiger partial charge >= 0.3 is 0 Å². The maximum Gasteiger partial charge on any atom is 0.229 e. The van der Waals surface area contributed by atoms with Crippen LogP contribution in [0.3, 0.4) is 0 Å². The number of amides is 2. The van der Waals surface area contributed by atoms with Crippen LogP contribution in [0.2, 0.25) is 0 Å². The van der Waals surface area contributed by atoms with Crippen molar-refractivity contribution in [2.45, 2.75) is 45.2 Å². The van der Waals surface area contributed by atoms with Crippen molar-refractivity contribution in [2.75, 3.05) is 7.11 Å². The number of methoxy groups -OCH3 is 1. The van der Waals surface area contributed by atoms with Gasteiger partial charge in [0.05, 0.1) is 13.7 Å². The molecule has 114 valence electrons. The Hall–Kier alpha value is -1.88. The minimum absolute atomic E-state index is 0.106. The van der Waals surface area contributed by atoms with Crippen LogP contribution >= 0.6 is 0 Å². The van der Waals surface area contributed by atoms with Crippen LogP contribution in [0, 0.1) is 0 Å². The number of ether oxygens (including phenoxy) is 1. The summed E-state index contributed by atoms with van der Waals surface area (Å²) in [6.45, 7) is 2.15. The van der Waals surface area contributed by atoms with Gasteiger partial charge in [0.2, 0.25) is 11.8 Å². The van der Waals surface area contributed by atoms with E-state index in [0.717, 1.165) is 24.0 Å². The van der Waals surface area contributed by atoms with E-state index in [1.165, 1.54) is 4.90 Å². The molecule has 1 unspecified atom stereocenters. The molecule has 0 aliphatic carbocycles. The Morgan fingerprint density at radius 1 is 1.24 bits per heavy atom. The number of nitrogens with zero attached hydrogens (tertiary/aromatic N) is 1. The smallest absolute Gasteiger partial charge is 0.229 e. The SMILES string of the molecule is COc1ccc(C(C)N)cc1CN1C(=O)CCCCC1=O. The normalized spacial score (nSPS) is 17.6. The number of nitrogens with two attached hydrogens (primary N) is 1. The van der Waals surface area contributed by atoms with Crippen LogP contribution in [-0.2, 0) is 16.1 Å². The molecule has 0 saturated carbocycles. The summed E-state index contributed by atoms with van der Waals surface area (Å²) in [6.07, 6.45) is 2.41. The van der Waals surface area contributed by atoms with Gasteiger partial charge in [-0.2, -0.15) is 0 Å². The molecule has 1 atom stereocenters. The van der Waals surface area contributed by atoms with Gasteiger partial charge in [-0.05, 0) is 37.5 Å². The van der Waals surface area contributed by atoms with E-state index >= 15 is 0 Å². The third-order valence-electron chi connectivity index (χ3n) is 3.79.